The van der Waals surface area contributed by atoms with E-state index < -0.39 is 6.10 Å². The van der Waals surface area contributed by atoms with Gasteiger partial charge in [0.15, 0.2) is 0 Å². The van der Waals surface area contributed by atoms with Gasteiger partial charge in [-0.3, -0.25) is 0 Å². The minimum Gasteiger partial charge on any atom is -0.494 e. The van der Waals surface area contributed by atoms with Crippen LogP contribution in [0.4, 0.5) is 0 Å². The molecule has 0 fully saturated rings. The van der Waals surface area contributed by atoms with Gasteiger partial charge in [0.1, 0.15) is 5.75 Å². The number of halogens is 1. The molecule has 2 aromatic rings. The van der Waals surface area contributed by atoms with Crippen molar-refractivity contribution < 1.29 is 9.84 Å². The zero-order valence-electron chi connectivity index (χ0n) is 12.0. The fourth-order valence-electron chi connectivity index (χ4n) is 2.36. The highest BCUT2D eigenvalue weighted by Gasteiger charge is 2.23. The molecule has 0 radical (unpaired) electrons. The molecule has 0 aromatic heterocycles. The van der Waals surface area contributed by atoms with Crippen molar-refractivity contribution in [1.82, 2.24) is 0 Å². The summed E-state index contributed by atoms with van der Waals surface area (Å²) < 4.78 is 6.38. The van der Waals surface area contributed by atoms with Gasteiger partial charge >= 0.3 is 0 Å². The molecule has 0 aliphatic heterocycles. The Labute approximate surface area is 133 Å². The van der Waals surface area contributed by atoms with E-state index in [2.05, 4.69) is 15.9 Å². The van der Waals surface area contributed by atoms with E-state index in [-0.39, 0.29) is 5.92 Å². The van der Waals surface area contributed by atoms with Gasteiger partial charge in [0.2, 0.25) is 0 Å². The van der Waals surface area contributed by atoms with Crippen molar-refractivity contribution in [2.75, 3.05) is 13.2 Å². The summed E-state index contributed by atoms with van der Waals surface area (Å²) in [6.45, 7) is 2.95. The van der Waals surface area contributed by atoms with Crippen molar-refractivity contribution in [2.45, 2.75) is 18.9 Å². The maximum absolute atomic E-state index is 10.6. The third-order valence-corrected chi connectivity index (χ3v) is 4.19. The highest BCUT2D eigenvalue weighted by molar-refractivity contribution is 9.10. The van der Waals surface area contributed by atoms with E-state index in [4.69, 9.17) is 10.5 Å². The van der Waals surface area contributed by atoms with Crippen LogP contribution in [0.5, 0.6) is 5.75 Å². The molecule has 2 aromatic carbocycles. The van der Waals surface area contributed by atoms with Gasteiger partial charge in [0, 0.05) is 16.9 Å². The van der Waals surface area contributed by atoms with Crippen molar-refractivity contribution in [1.29, 1.82) is 0 Å². The first-order valence-electron chi connectivity index (χ1n) is 7.02. The highest BCUT2D eigenvalue weighted by atomic mass is 79.9. The van der Waals surface area contributed by atoms with Crippen LogP contribution < -0.4 is 10.5 Å². The third kappa shape index (κ3) is 3.84. The summed E-state index contributed by atoms with van der Waals surface area (Å²) in [4.78, 5) is 0. The monoisotopic (exact) mass is 349 g/mol. The summed E-state index contributed by atoms with van der Waals surface area (Å²) >= 11 is 3.52. The predicted molar refractivity (Wildman–Crippen MR) is 88.5 cm³/mol. The van der Waals surface area contributed by atoms with Gasteiger partial charge in [0.05, 0.1) is 12.7 Å². The maximum atomic E-state index is 10.6. The summed E-state index contributed by atoms with van der Waals surface area (Å²) in [6, 6.07) is 15.4. The van der Waals surface area contributed by atoms with Crippen LogP contribution in [0.2, 0.25) is 0 Å². The number of hydrogen-bond acceptors (Lipinski definition) is 3. The molecule has 0 aliphatic carbocycles. The lowest BCUT2D eigenvalue weighted by Crippen LogP contribution is -2.20. The number of aliphatic hydroxyl groups excluding tert-OH is 1. The van der Waals surface area contributed by atoms with Crippen LogP contribution in [-0.2, 0) is 0 Å². The Bertz CT molecular complexity index is 571. The molecule has 4 heteroatoms. The molecule has 0 saturated heterocycles. The smallest absolute Gasteiger partial charge is 0.119 e. The first-order valence-corrected chi connectivity index (χ1v) is 7.82. The van der Waals surface area contributed by atoms with Gasteiger partial charge < -0.3 is 15.6 Å². The minimum absolute atomic E-state index is 0.154. The molecule has 0 bridgehead atoms. The summed E-state index contributed by atoms with van der Waals surface area (Å²) in [7, 11) is 0. The SMILES string of the molecule is CCOc1ccc(C(O)C(CN)c2ccccc2Br)cc1. The van der Waals surface area contributed by atoms with Crippen LogP contribution in [-0.4, -0.2) is 18.3 Å². The predicted octanol–water partition coefficient (Wildman–Crippen LogP) is 3.62. The molecule has 3 nitrogen and oxygen atoms in total. The van der Waals surface area contributed by atoms with E-state index in [0.29, 0.717) is 13.2 Å². The highest BCUT2D eigenvalue weighted by Crippen LogP contribution is 2.34. The number of ether oxygens (including phenoxy) is 1. The Morgan fingerprint density at radius 3 is 2.38 bits per heavy atom. The lowest BCUT2D eigenvalue weighted by atomic mass is 9.89. The van der Waals surface area contributed by atoms with Crippen molar-refractivity contribution in [2.24, 2.45) is 5.73 Å². The fraction of sp³-hybridized carbons (Fsp3) is 0.294. The number of rotatable bonds is 6. The van der Waals surface area contributed by atoms with Gasteiger partial charge in [-0.05, 0) is 36.2 Å². The second-order valence-corrected chi connectivity index (χ2v) is 5.66. The Balaban J connectivity index is 2.24. The van der Waals surface area contributed by atoms with Gasteiger partial charge in [0.25, 0.3) is 0 Å². The normalized spacial score (nSPS) is 13.7. The number of nitrogens with two attached hydrogens (primary N) is 1. The Morgan fingerprint density at radius 2 is 1.81 bits per heavy atom. The molecule has 0 spiro atoms. The van der Waals surface area contributed by atoms with Crippen molar-refractivity contribution in [3.8, 4) is 5.75 Å². The van der Waals surface area contributed by atoms with Gasteiger partial charge in [-0.15, -0.1) is 0 Å². The van der Waals surface area contributed by atoms with E-state index in [1.807, 2.05) is 55.5 Å². The minimum atomic E-state index is -0.649. The van der Waals surface area contributed by atoms with Crippen molar-refractivity contribution in [3.63, 3.8) is 0 Å². The molecular weight excluding hydrogens is 330 g/mol. The van der Waals surface area contributed by atoms with Crippen molar-refractivity contribution >= 4 is 15.9 Å². The molecule has 2 rings (SSSR count). The Hall–Kier alpha value is -1.36. The molecule has 0 amide bonds. The second kappa shape index (κ2) is 7.59. The average molecular weight is 350 g/mol. The summed E-state index contributed by atoms with van der Waals surface area (Å²) in [6.07, 6.45) is -0.649. The molecule has 112 valence electrons. The largest absolute Gasteiger partial charge is 0.494 e. The third-order valence-electron chi connectivity index (χ3n) is 3.47. The molecule has 2 unspecified atom stereocenters. The lowest BCUT2D eigenvalue weighted by molar-refractivity contribution is 0.147. The van der Waals surface area contributed by atoms with Crippen LogP contribution in [0.25, 0.3) is 0 Å². The standard InChI is InChI=1S/C17H20BrNO2/c1-2-21-13-9-7-12(8-10-13)17(20)15(11-19)14-5-3-4-6-16(14)18/h3-10,15,17,20H,2,11,19H2,1H3. The summed E-state index contributed by atoms with van der Waals surface area (Å²) in [5, 5.41) is 10.6. The summed E-state index contributed by atoms with van der Waals surface area (Å²) in [5.41, 5.74) is 7.74. The van der Waals surface area contributed by atoms with E-state index in [1.54, 1.807) is 0 Å². The van der Waals surface area contributed by atoms with Gasteiger partial charge in [-0.2, -0.15) is 0 Å². The topological polar surface area (TPSA) is 55.5 Å². The van der Waals surface area contributed by atoms with Crippen molar-refractivity contribution in [3.05, 3.63) is 64.1 Å². The van der Waals surface area contributed by atoms with Crippen LogP contribution in [0.1, 0.15) is 30.1 Å². The summed E-state index contributed by atoms with van der Waals surface area (Å²) in [5.74, 6) is 0.650. The first kappa shape index (κ1) is 16.0. The molecule has 3 N–H and O–H groups in total. The zero-order chi connectivity index (χ0) is 15.2. The van der Waals surface area contributed by atoms with E-state index in [9.17, 15) is 5.11 Å². The molecule has 0 heterocycles. The first-order chi connectivity index (χ1) is 10.2. The van der Waals surface area contributed by atoms with Crippen LogP contribution in [0.15, 0.2) is 53.0 Å². The number of benzene rings is 2. The fourth-order valence-corrected chi connectivity index (χ4v) is 2.94. The van der Waals surface area contributed by atoms with E-state index in [1.165, 1.54) is 0 Å². The zero-order valence-corrected chi connectivity index (χ0v) is 13.6. The Kier molecular flexibility index (Phi) is 5.79. The molecule has 0 saturated carbocycles. The molecule has 2 atom stereocenters. The van der Waals surface area contributed by atoms with E-state index >= 15 is 0 Å². The van der Waals surface area contributed by atoms with Crippen LogP contribution in [0.3, 0.4) is 0 Å². The number of hydrogen-bond donors (Lipinski definition) is 2. The maximum Gasteiger partial charge on any atom is 0.119 e. The molecule has 21 heavy (non-hydrogen) atoms. The van der Waals surface area contributed by atoms with E-state index in [0.717, 1.165) is 21.3 Å². The average Bonchev–Trinajstić information content (AvgIpc) is 2.51. The van der Waals surface area contributed by atoms with Crippen LogP contribution in [0, 0.1) is 0 Å². The van der Waals surface area contributed by atoms with Gasteiger partial charge in [-0.25, -0.2) is 0 Å². The molecule has 0 aliphatic rings. The van der Waals surface area contributed by atoms with Crippen LogP contribution >= 0.6 is 15.9 Å². The Morgan fingerprint density at radius 1 is 1.14 bits per heavy atom. The van der Waals surface area contributed by atoms with Gasteiger partial charge in [-0.1, -0.05) is 46.3 Å². The second-order valence-electron chi connectivity index (χ2n) is 4.81. The number of aliphatic hydroxyl groups is 1. The lowest BCUT2D eigenvalue weighted by Gasteiger charge is -2.23. The molecular formula is C17H20BrNO2. The quantitative estimate of drug-likeness (QED) is 0.837.